The molecule has 0 aliphatic heterocycles. The van der Waals surface area contributed by atoms with E-state index in [0.717, 1.165) is 11.3 Å². The molecule has 1 aromatic heterocycles. The van der Waals surface area contributed by atoms with E-state index in [2.05, 4.69) is 4.74 Å². The summed E-state index contributed by atoms with van der Waals surface area (Å²) in [6.07, 6.45) is 0.871. The maximum Gasteiger partial charge on any atom is 0.334 e. The van der Waals surface area contributed by atoms with Crippen molar-refractivity contribution in [3.8, 4) is 5.75 Å². The maximum atomic E-state index is 11.7. The van der Waals surface area contributed by atoms with Crippen molar-refractivity contribution in [3.63, 3.8) is 0 Å². The second kappa shape index (κ2) is 10.3. The van der Waals surface area contributed by atoms with Crippen LogP contribution in [0.5, 0.6) is 5.75 Å². The standard InChI is InChI=1S/C14H15NO2.C4H9NO3/c1-11-8-13(16)14(9-15(11)2)17-10-12-6-4-3-5-7-12;1-8-3(2-5)4(6)7/h3-9H,10H2,1-2H3;3H,2,5H2,1H3,(H,6,7). The van der Waals surface area contributed by atoms with Crippen LogP contribution in [0, 0.1) is 6.92 Å². The number of carboxylic acid groups (broad SMARTS) is 1. The molecular weight excluding hydrogens is 324 g/mol. The van der Waals surface area contributed by atoms with E-state index in [1.807, 2.05) is 48.9 Å². The number of aromatic nitrogens is 1. The van der Waals surface area contributed by atoms with Crippen LogP contribution in [0.2, 0.25) is 0 Å². The number of hydrogen-bond acceptors (Lipinski definition) is 5. The number of methoxy groups -OCH3 is 1. The van der Waals surface area contributed by atoms with Crippen molar-refractivity contribution in [1.29, 1.82) is 0 Å². The molecule has 1 atom stereocenters. The number of ether oxygens (including phenoxy) is 2. The number of aliphatic carboxylic acids is 1. The summed E-state index contributed by atoms with van der Waals surface area (Å²) in [4.78, 5) is 21.6. The van der Waals surface area contributed by atoms with Crippen molar-refractivity contribution in [2.45, 2.75) is 19.6 Å². The highest BCUT2D eigenvalue weighted by atomic mass is 16.5. The summed E-state index contributed by atoms with van der Waals surface area (Å²) in [6.45, 7) is 2.33. The minimum Gasteiger partial charge on any atom is -0.483 e. The van der Waals surface area contributed by atoms with Crippen LogP contribution in [0.15, 0.2) is 47.4 Å². The number of aryl methyl sites for hydroxylation is 2. The third-order valence-corrected chi connectivity index (χ3v) is 3.46. The van der Waals surface area contributed by atoms with Crippen molar-refractivity contribution in [2.75, 3.05) is 13.7 Å². The van der Waals surface area contributed by atoms with Gasteiger partial charge in [0.15, 0.2) is 11.9 Å². The van der Waals surface area contributed by atoms with Crippen molar-refractivity contribution in [1.82, 2.24) is 4.57 Å². The number of hydrogen-bond donors (Lipinski definition) is 2. The lowest BCUT2D eigenvalue weighted by Gasteiger charge is -2.09. The molecule has 1 heterocycles. The van der Waals surface area contributed by atoms with Gasteiger partial charge in [0.2, 0.25) is 5.43 Å². The first-order chi connectivity index (χ1) is 11.9. The first kappa shape index (κ1) is 20.4. The lowest BCUT2D eigenvalue weighted by atomic mass is 10.2. The molecule has 2 rings (SSSR count). The summed E-state index contributed by atoms with van der Waals surface area (Å²) in [5, 5.41) is 8.17. The summed E-state index contributed by atoms with van der Waals surface area (Å²) < 4.78 is 11.8. The van der Waals surface area contributed by atoms with Gasteiger partial charge in [-0.15, -0.1) is 0 Å². The predicted octanol–water partition coefficient (Wildman–Crippen LogP) is 1.32. The van der Waals surface area contributed by atoms with Crippen LogP contribution in [-0.4, -0.2) is 35.4 Å². The molecule has 0 fully saturated rings. The van der Waals surface area contributed by atoms with Gasteiger partial charge >= 0.3 is 5.97 Å². The monoisotopic (exact) mass is 348 g/mol. The van der Waals surface area contributed by atoms with E-state index in [1.54, 1.807) is 12.3 Å². The number of carbonyl (C=O) groups is 1. The van der Waals surface area contributed by atoms with Gasteiger partial charge in [0.1, 0.15) is 6.61 Å². The number of rotatable bonds is 6. The Morgan fingerprint density at radius 2 is 1.96 bits per heavy atom. The van der Waals surface area contributed by atoms with Crippen LogP contribution in [0.1, 0.15) is 11.3 Å². The smallest absolute Gasteiger partial charge is 0.334 e. The van der Waals surface area contributed by atoms with Crippen LogP contribution in [0.25, 0.3) is 0 Å². The summed E-state index contributed by atoms with van der Waals surface area (Å²) >= 11 is 0. The van der Waals surface area contributed by atoms with E-state index in [0.29, 0.717) is 12.4 Å². The Hall–Kier alpha value is -2.64. The van der Waals surface area contributed by atoms with Gasteiger partial charge < -0.3 is 24.9 Å². The molecule has 0 radical (unpaired) electrons. The van der Waals surface area contributed by atoms with Crippen LogP contribution < -0.4 is 15.9 Å². The molecule has 2 aromatic rings. The molecule has 0 saturated heterocycles. The molecule has 7 heteroatoms. The van der Waals surface area contributed by atoms with Gasteiger partial charge in [-0.2, -0.15) is 0 Å². The second-order valence-corrected chi connectivity index (χ2v) is 5.33. The number of benzene rings is 1. The van der Waals surface area contributed by atoms with Gasteiger partial charge in [0, 0.05) is 38.7 Å². The Balaban J connectivity index is 0.000000333. The molecule has 1 unspecified atom stereocenters. The summed E-state index contributed by atoms with van der Waals surface area (Å²) in [5.41, 5.74) is 6.88. The fourth-order valence-electron chi connectivity index (χ4n) is 1.85. The molecule has 0 aliphatic rings. The van der Waals surface area contributed by atoms with Crippen LogP contribution in [0.3, 0.4) is 0 Å². The Morgan fingerprint density at radius 1 is 1.32 bits per heavy atom. The van der Waals surface area contributed by atoms with Crippen LogP contribution in [0.4, 0.5) is 0 Å². The normalized spacial score (nSPS) is 11.2. The van der Waals surface area contributed by atoms with Gasteiger partial charge in [0.25, 0.3) is 0 Å². The Bertz CT molecular complexity index is 724. The minimum atomic E-state index is -1.02. The van der Waals surface area contributed by atoms with Gasteiger partial charge in [0.05, 0.1) is 0 Å². The Kier molecular flexibility index (Phi) is 8.38. The molecule has 1 aromatic carbocycles. The molecular formula is C18H24N2O5. The zero-order valence-electron chi connectivity index (χ0n) is 14.6. The number of pyridine rings is 1. The summed E-state index contributed by atoms with van der Waals surface area (Å²) in [6, 6.07) is 11.4. The molecule has 7 nitrogen and oxygen atoms in total. The molecule has 3 N–H and O–H groups in total. The summed E-state index contributed by atoms with van der Waals surface area (Å²) in [7, 11) is 3.20. The molecule has 25 heavy (non-hydrogen) atoms. The fourth-order valence-corrected chi connectivity index (χ4v) is 1.85. The number of nitrogens with two attached hydrogens (primary N) is 1. The van der Waals surface area contributed by atoms with E-state index < -0.39 is 12.1 Å². The highest BCUT2D eigenvalue weighted by Crippen LogP contribution is 2.08. The maximum absolute atomic E-state index is 11.7. The average molecular weight is 348 g/mol. The lowest BCUT2D eigenvalue weighted by molar-refractivity contribution is -0.147. The lowest BCUT2D eigenvalue weighted by Crippen LogP contribution is -2.30. The SMILES string of the molecule is COC(CN)C(=O)O.Cc1cc(=O)c(OCc2ccccc2)cn1C. The minimum absolute atomic E-state index is 0.0197. The molecule has 0 saturated carbocycles. The number of nitrogens with zero attached hydrogens (tertiary/aromatic N) is 1. The van der Waals surface area contributed by atoms with Gasteiger partial charge in [-0.1, -0.05) is 30.3 Å². The van der Waals surface area contributed by atoms with E-state index >= 15 is 0 Å². The fraction of sp³-hybridized carbons (Fsp3) is 0.333. The van der Waals surface area contributed by atoms with E-state index in [9.17, 15) is 9.59 Å². The third kappa shape index (κ3) is 6.78. The van der Waals surface area contributed by atoms with E-state index in [-0.39, 0.29) is 12.0 Å². The summed E-state index contributed by atoms with van der Waals surface area (Å²) in [5.74, 6) is -0.628. The molecule has 0 spiro atoms. The van der Waals surface area contributed by atoms with Gasteiger partial charge in [-0.25, -0.2) is 4.79 Å². The quantitative estimate of drug-likeness (QED) is 0.816. The van der Waals surface area contributed by atoms with Crippen LogP contribution >= 0.6 is 0 Å². The zero-order valence-corrected chi connectivity index (χ0v) is 14.6. The van der Waals surface area contributed by atoms with Gasteiger partial charge in [-0.3, -0.25) is 4.79 Å². The van der Waals surface area contributed by atoms with Crippen molar-refractivity contribution in [2.24, 2.45) is 12.8 Å². The van der Waals surface area contributed by atoms with Crippen LogP contribution in [-0.2, 0) is 23.2 Å². The molecule has 0 aliphatic carbocycles. The molecule has 0 amide bonds. The van der Waals surface area contributed by atoms with E-state index in [1.165, 1.54) is 7.11 Å². The third-order valence-electron chi connectivity index (χ3n) is 3.46. The van der Waals surface area contributed by atoms with Crippen molar-refractivity contribution >= 4 is 5.97 Å². The first-order valence-electron chi connectivity index (χ1n) is 7.68. The largest absolute Gasteiger partial charge is 0.483 e. The van der Waals surface area contributed by atoms with E-state index in [4.69, 9.17) is 15.6 Å². The number of carboxylic acids is 1. The van der Waals surface area contributed by atoms with Crippen molar-refractivity contribution < 1.29 is 19.4 Å². The topological polar surface area (TPSA) is 104 Å². The first-order valence-corrected chi connectivity index (χ1v) is 7.68. The highest BCUT2D eigenvalue weighted by Gasteiger charge is 2.12. The Morgan fingerprint density at radius 3 is 2.44 bits per heavy atom. The average Bonchev–Trinajstić information content (AvgIpc) is 2.59. The molecule has 0 bridgehead atoms. The van der Waals surface area contributed by atoms with Crippen molar-refractivity contribution in [3.05, 3.63) is 64.1 Å². The predicted molar refractivity (Wildman–Crippen MR) is 94.7 cm³/mol. The van der Waals surface area contributed by atoms with Gasteiger partial charge in [-0.05, 0) is 12.5 Å². The molecule has 136 valence electrons. The second-order valence-electron chi connectivity index (χ2n) is 5.33. The highest BCUT2D eigenvalue weighted by molar-refractivity contribution is 5.72. The zero-order chi connectivity index (χ0) is 18.8. The Labute approximate surface area is 146 Å².